The van der Waals surface area contributed by atoms with Gasteiger partial charge >= 0.3 is 0 Å². The topological polar surface area (TPSA) is 27.0 Å². The standard InChI is InChI=1S/C28H37FN2/c1-3-31(21-19-24-12-6-4-7-13-24)23(2)18-20-28(22-30,25-14-8-5-9-15-25)26-16-10-11-17-27(26)29/h4,6-7,10-13,16-17,23,25H,3,5,8-9,14-15,18-21H2,1-2H3. The average molecular weight is 421 g/mol. The van der Waals surface area contributed by atoms with Crippen molar-refractivity contribution in [2.75, 3.05) is 13.1 Å². The SMILES string of the molecule is CCN(CCc1ccccc1)C(C)CCC(C#N)(c1ccccc1F)C1CCCCC1. The first-order valence-corrected chi connectivity index (χ1v) is 12.0. The van der Waals surface area contributed by atoms with Gasteiger partial charge in [-0.05, 0) is 63.1 Å². The monoisotopic (exact) mass is 420 g/mol. The summed E-state index contributed by atoms with van der Waals surface area (Å²) >= 11 is 0. The van der Waals surface area contributed by atoms with Crippen LogP contribution in [0.25, 0.3) is 0 Å². The van der Waals surface area contributed by atoms with E-state index in [2.05, 4.69) is 55.1 Å². The molecular weight excluding hydrogens is 383 g/mol. The molecule has 0 amide bonds. The van der Waals surface area contributed by atoms with Crippen LogP contribution in [0.5, 0.6) is 0 Å². The Morgan fingerprint density at radius 3 is 2.39 bits per heavy atom. The van der Waals surface area contributed by atoms with Gasteiger partial charge in [0.15, 0.2) is 0 Å². The van der Waals surface area contributed by atoms with Gasteiger partial charge in [-0.3, -0.25) is 0 Å². The molecule has 0 aromatic heterocycles. The summed E-state index contributed by atoms with van der Waals surface area (Å²) < 4.78 is 14.9. The van der Waals surface area contributed by atoms with E-state index in [1.807, 2.05) is 12.1 Å². The predicted molar refractivity (Wildman–Crippen MR) is 126 cm³/mol. The van der Waals surface area contributed by atoms with Crippen molar-refractivity contribution >= 4 is 0 Å². The molecule has 0 spiro atoms. The Morgan fingerprint density at radius 2 is 1.74 bits per heavy atom. The molecule has 2 aromatic carbocycles. The summed E-state index contributed by atoms with van der Waals surface area (Å²) in [6.45, 7) is 6.46. The highest BCUT2D eigenvalue weighted by molar-refractivity contribution is 5.35. The molecule has 3 heteroatoms. The molecule has 1 saturated carbocycles. The minimum atomic E-state index is -0.723. The van der Waals surface area contributed by atoms with Gasteiger partial charge < -0.3 is 4.90 Å². The fourth-order valence-corrected chi connectivity index (χ4v) is 5.41. The van der Waals surface area contributed by atoms with Gasteiger partial charge in [0.05, 0.1) is 11.5 Å². The Bertz CT molecular complexity index is 838. The molecule has 2 atom stereocenters. The number of benzene rings is 2. The molecule has 0 aliphatic heterocycles. The summed E-state index contributed by atoms with van der Waals surface area (Å²) in [4.78, 5) is 2.50. The fourth-order valence-electron chi connectivity index (χ4n) is 5.41. The third-order valence-corrected chi connectivity index (χ3v) is 7.37. The summed E-state index contributed by atoms with van der Waals surface area (Å²) in [5.74, 6) is 0.0217. The van der Waals surface area contributed by atoms with E-state index < -0.39 is 5.41 Å². The highest BCUT2D eigenvalue weighted by atomic mass is 19.1. The summed E-state index contributed by atoms with van der Waals surface area (Å²) in [6.07, 6.45) is 8.24. The van der Waals surface area contributed by atoms with Gasteiger partial charge in [-0.15, -0.1) is 0 Å². The maximum atomic E-state index is 14.9. The third kappa shape index (κ3) is 5.74. The van der Waals surface area contributed by atoms with Crippen LogP contribution in [0.15, 0.2) is 54.6 Å². The first-order valence-electron chi connectivity index (χ1n) is 12.0. The predicted octanol–water partition coefficient (Wildman–Crippen LogP) is 6.90. The molecule has 0 heterocycles. The third-order valence-electron chi connectivity index (χ3n) is 7.37. The maximum absolute atomic E-state index is 14.9. The van der Waals surface area contributed by atoms with Crippen molar-refractivity contribution in [1.82, 2.24) is 4.90 Å². The van der Waals surface area contributed by atoms with Crippen molar-refractivity contribution in [3.05, 3.63) is 71.5 Å². The minimum Gasteiger partial charge on any atom is -0.301 e. The lowest BCUT2D eigenvalue weighted by Crippen LogP contribution is -2.40. The Balaban J connectivity index is 1.74. The average Bonchev–Trinajstić information content (AvgIpc) is 2.82. The number of hydrogen-bond donors (Lipinski definition) is 0. The van der Waals surface area contributed by atoms with E-state index in [1.165, 1.54) is 18.1 Å². The van der Waals surface area contributed by atoms with Crippen molar-refractivity contribution in [3.8, 4) is 6.07 Å². The Morgan fingerprint density at radius 1 is 1.06 bits per heavy atom. The van der Waals surface area contributed by atoms with Gasteiger partial charge in [-0.2, -0.15) is 5.26 Å². The number of hydrogen-bond acceptors (Lipinski definition) is 2. The van der Waals surface area contributed by atoms with Crippen LogP contribution in [0.2, 0.25) is 0 Å². The quantitative estimate of drug-likeness (QED) is 0.418. The summed E-state index contributed by atoms with van der Waals surface area (Å²) in [7, 11) is 0. The van der Waals surface area contributed by atoms with Gasteiger partial charge in [0.25, 0.3) is 0 Å². The molecule has 31 heavy (non-hydrogen) atoms. The van der Waals surface area contributed by atoms with Gasteiger partial charge in [-0.25, -0.2) is 4.39 Å². The van der Waals surface area contributed by atoms with Crippen molar-refractivity contribution in [1.29, 1.82) is 5.26 Å². The van der Waals surface area contributed by atoms with E-state index in [0.29, 0.717) is 11.6 Å². The number of rotatable bonds is 10. The molecule has 2 unspecified atom stereocenters. The van der Waals surface area contributed by atoms with Gasteiger partial charge in [-0.1, -0.05) is 74.7 Å². The van der Waals surface area contributed by atoms with Crippen LogP contribution in [0.3, 0.4) is 0 Å². The second-order valence-electron chi connectivity index (χ2n) is 9.15. The maximum Gasteiger partial charge on any atom is 0.128 e. The Labute approximate surface area is 188 Å². The summed E-state index contributed by atoms with van der Waals surface area (Å²) in [6, 6.07) is 20.6. The second kappa shape index (κ2) is 11.4. The molecule has 0 saturated heterocycles. The lowest BCUT2D eigenvalue weighted by atomic mass is 9.63. The van der Waals surface area contributed by atoms with Crippen LogP contribution in [0, 0.1) is 23.1 Å². The van der Waals surface area contributed by atoms with Gasteiger partial charge in [0.2, 0.25) is 0 Å². The number of nitriles is 1. The zero-order valence-electron chi connectivity index (χ0n) is 19.2. The highest BCUT2D eigenvalue weighted by Gasteiger charge is 2.43. The van der Waals surface area contributed by atoms with Crippen molar-refractivity contribution in [2.24, 2.45) is 5.92 Å². The number of halogens is 1. The lowest BCUT2D eigenvalue weighted by molar-refractivity contribution is 0.177. The first kappa shape index (κ1) is 23.5. The number of likely N-dealkylation sites (N-methyl/N-ethyl adjacent to an activating group) is 1. The van der Waals surface area contributed by atoms with Crippen molar-refractivity contribution < 1.29 is 4.39 Å². The van der Waals surface area contributed by atoms with Crippen LogP contribution in [0.4, 0.5) is 4.39 Å². The largest absolute Gasteiger partial charge is 0.301 e. The highest BCUT2D eigenvalue weighted by Crippen LogP contribution is 2.45. The van der Waals surface area contributed by atoms with Gasteiger partial charge in [0, 0.05) is 18.2 Å². The van der Waals surface area contributed by atoms with E-state index in [4.69, 9.17) is 0 Å². The molecular formula is C28H37FN2. The normalized spacial score (nSPS) is 17.8. The Hall–Kier alpha value is -2.18. The van der Waals surface area contributed by atoms with E-state index in [0.717, 1.165) is 58.0 Å². The summed E-state index contributed by atoms with van der Waals surface area (Å²) in [5.41, 5.74) is 1.25. The molecule has 0 N–H and O–H groups in total. The minimum absolute atomic E-state index is 0.223. The smallest absolute Gasteiger partial charge is 0.128 e. The van der Waals surface area contributed by atoms with Crippen LogP contribution >= 0.6 is 0 Å². The molecule has 2 nitrogen and oxygen atoms in total. The zero-order chi connectivity index (χ0) is 22.1. The van der Waals surface area contributed by atoms with E-state index >= 15 is 0 Å². The van der Waals surface area contributed by atoms with Crippen LogP contribution in [-0.2, 0) is 11.8 Å². The molecule has 0 radical (unpaired) electrons. The van der Waals surface area contributed by atoms with Gasteiger partial charge in [0.1, 0.15) is 5.82 Å². The van der Waals surface area contributed by atoms with Crippen molar-refractivity contribution in [3.63, 3.8) is 0 Å². The van der Waals surface area contributed by atoms with Crippen LogP contribution < -0.4 is 0 Å². The molecule has 166 valence electrons. The summed E-state index contributed by atoms with van der Waals surface area (Å²) in [5, 5.41) is 10.4. The zero-order valence-corrected chi connectivity index (χ0v) is 19.2. The van der Waals surface area contributed by atoms with E-state index in [9.17, 15) is 9.65 Å². The number of nitrogens with zero attached hydrogens (tertiary/aromatic N) is 2. The molecule has 0 bridgehead atoms. The molecule has 1 aliphatic carbocycles. The van der Waals surface area contributed by atoms with E-state index in [-0.39, 0.29) is 11.7 Å². The second-order valence-corrected chi connectivity index (χ2v) is 9.15. The van der Waals surface area contributed by atoms with Crippen molar-refractivity contribution in [2.45, 2.75) is 76.7 Å². The lowest BCUT2D eigenvalue weighted by Gasteiger charge is -2.39. The van der Waals surface area contributed by atoms with E-state index in [1.54, 1.807) is 6.07 Å². The molecule has 2 aromatic rings. The molecule has 1 aliphatic rings. The fraction of sp³-hybridized carbons (Fsp3) is 0.536. The molecule has 1 fully saturated rings. The van der Waals surface area contributed by atoms with Crippen LogP contribution in [0.1, 0.15) is 69.9 Å². The first-order chi connectivity index (χ1) is 15.1. The van der Waals surface area contributed by atoms with Crippen LogP contribution in [-0.4, -0.2) is 24.0 Å². The molecule has 3 rings (SSSR count). The Kier molecular flexibility index (Phi) is 8.67.